The maximum Gasteiger partial charge on any atom is 0.261 e. The van der Waals surface area contributed by atoms with E-state index in [1.165, 1.54) is 6.07 Å². The molecule has 1 amide bonds. The van der Waals surface area contributed by atoms with Crippen LogP contribution in [0.5, 0.6) is 5.75 Å². The van der Waals surface area contributed by atoms with Crippen molar-refractivity contribution in [1.29, 1.82) is 0 Å². The fraction of sp³-hybridized carbons (Fsp3) is 0.143. The number of carbonyl (C=O) groups excluding carboxylic acids is 1. The molecule has 0 saturated heterocycles. The van der Waals surface area contributed by atoms with Gasteiger partial charge in [0.1, 0.15) is 11.3 Å². The van der Waals surface area contributed by atoms with Crippen LogP contribution in [-0.2, 0) is 0 Å². The van der Waals surface area contributed by atoms with Crippen molar-refractivity contribution >= 4 is 27.5 Å². The second-order valence-corrected chi connectivity index (χ2v) is 5.04. The largest absolute Gasteiger partial charge is 0.497 e. The molecule has 0 aliphatic carbocycles. The fourth-order valence-corrected chi connectivity index (χ4v) is 2.01. The van der Waals surface area contributed by atoms with Crippen LogP contribution in [0.4, 0.5) is 5.69 Å². The molecule has 1 aromatic heterocycles. The molecule has 2 aromatic rings. The van der Waals surface area contributed by atoms with E-state index in [4.69, 9.17) is 4.74 Å². The molecule has 0 aliphatic heterocycles. The Morgan fingerprint density at radius 3 is 2.70 bits per heavy atom. The normalized spacial score (nSPS) is 10.2. The van der Waals surface area contributed by atoms with Crippen molar-refractivity contribution in [2.45, 2.75) is 6.92 Å². The number of amides is 1. The number of aromatic amines is 1. The number of anilines is 1. The topological polar surface area (TPSA) is 71.2 Å². The molecule has 0 bridgehead atoms. The SMILES string of the molecule is COc1ccc(Br)c(NC(=O)c2ccc(C)[nH]c2=O)c1. The minimum absolute atomic E-state index is 0.0605. The van der Waals surface area contributed by atoms with E-state index in [-0.39, 0.29) is 5.56 Å². The molecule has 0 fully saturated rings. The molecular formula is C14H13BrN2O3. The number of aryl methyl sites for hydroxylation is 1. The van der Waals surface area contributed by atoms with Gasteiger partial charge in [-0.05, 0) is 47.1 Å². The van der Waals surface area contributed by atoms with Crippen LogP contribution in [0.25, 0.3) is 0 Å². The standard InChI is InChI=1S/C14H13BrN2O3/c1-8-3-5-10(13(18)16-8)14(19)17-12-7-9(20-2)4-6-11(12)15/h3-7H,1-2H3,(H,16,18)(H,17,19). The van der Waals surface area contributed by atoms with Crippen LogP contribution in [0.3, 0.4) is 0 Å². The van der Waals surface area contributed by atoms with Crippen LogP contribution in [0.2, 0.25) is 0 Å². The van der Waals surface area contributed by atoms with Crippen molar-refractivity contribution in [2.75, 3.05) is 12.4 Å². The first-order valence-electron chi connectivity index (χ1n) is 5.86. The Labute approximate surface area is 124 Å². The summed E-state index contributed by atoms with van der Waals surface area (Å²) in [6.45, 7) is 1.75. The molecule has 1 aromatic carbocycles. The summed E-state index contributed by atoms with van der Waals surface area (Å²) in [6.07, 6.45) is 0. The monoisotopic (exact) mass is 336 g/mol. The molecule has 2 N–H and O–H groups in total. The van der Waals surface area contributed by atoms with Gasteiger partial charge in [-0.1, -0.05) is 0 Å². The summed E-state index contributed by atoms with van der Waals surface area (Å²) in [5.41, 5.74) is 0.885. The highest BCUT2D eigenvalue weighted by atomic mass is 79.9. The van der Waals surface area contributed by atoms with Crippen LogP contribution in [0.1, 0.15) is 16.1 Å². The predicted octanol–water partition coefficient (Wildman–Crippen LogP) is 2.71. The summed E-state index contributed by atoms with van der Waals surface area (Å²) in [6, 6.07) is 8.37. The van der Waals surface area contributed by atoms with E-state index >= 15 is 0 Å². The van der Waals surface area contributed by atoms with E-state index < -0.39 is 11.5 Å². The summed E-state index contributed by atoms with van der Waals surface area (Å²) in [5, 5.41) is 2.68. The van der Waals surface area contributed by atoms with Gasteiger partial charge < -0.3 is 15.0 Å². The highest BCUT2D eigenvalue weighted by Crippen LogP contribution is 2.27. The minimum atomic E-state index is -0.472. The van der Waals surface area contributed by atoms with Crippen LogP contribution in [-0.4, -0.2) is 18.0 Å². The minimum Gasteiger partial charge on any atom is -0.497 e. The number of hydrogen-bond donors (Lipinski definition) is 2. The molecule has 6 heteroatoms. The molecular weight excluding hydrogens is 324 g/mol. The Bertz CT molecular complexity index is 710. The molecule has 0 radical (unpaired) electrons. The van der Waals surface area contributed by atoms with Crippen LogP contribution in [0, 0.1) is 6.92 Å². The van der Waals surface area contributed by atoms with Crippen molar-refractivity contribution in [3.05, 3.63) is 56.4 Å². The first-order chi connectivity index (χ1) is 9.51. The van der Waals surface area contributed by atoms with Crippen molar-refractivity contribution in [3.8, 4) is 5.75 Å². The number of aromatic nitrogens is 1. The molecule has 20 heavy (non-hydrogen) atoms. The van der Waals surface area contributed by atoms with Gasteiger partial charge in [0, 0.05) is 16.2 Å². The quantitative estimate of drug-likeness (QED) is 0.905. The number of benzene rings is 1. The van der Waals surface area contributed by atoms with Gasteiger partial charge in [0.2, 0.25) is 0 Å². The average Bonchev–Trinajstić information content (AvgIpc) is 2.41. The maximum absolute atomic E-state index is 12.1. The Hall–Kier alpha value is -2.08. The summed E-state index contributed by atoms with van der Waals surface area (Å²) in [7, 11) is 1.54. The van der Waals surface area contributed by atoms with E-state index in [0.717, 1.165) is 0 Å². The van der Waals surface area contributed by atoms with Crippen molar-refractivity contribution in [1.82, 2.24) is 4.98 Å². The molecule has 0 saturated carbocycles. The first kappa shape index (κ1) is 14.3. The molecule has 1 heterocycles. The fourth-order valence-electron chi connectivity index (χ4n) is 1.67. The van der Waals surface area contributed by atoms with Gasteiger partial charge in [0.25, 0.3) is 11.5 Å². The van der Waals surface area contributed by atoms with Gasteiger partial charge >= 0.3 is 0 Å². The van der Waals surface area contributed by atoms with Crippen LogP contribution in [0.15, 0.2) is 39.6 Å². The van der Waals surface area contributed by atoms with Crippen molar-refractivity contribution < 1.29 is 9.53 Å². The van der Waals surface area contributed by atoms with Gasteiger partial charge in [-0.25, -0.2) is 0 Å². The zero-order chi connectivity index (χ0) is 14.7. The first-order valence-corrected chi connectivity index (χ1v) is 6.65. The Balaban J connectivity index is 2.30. The molecule has 2 rings (SSSR count). The van der Waals surface area contributed by atoms with Gasteiger partial charge in [0.15, 0.2) is 0 Å². The van der Waals surface area contributed by atoms with Crippen LogP contribution < -0.4 is 15.6 Å². The number of H-pyrrole nitrogens is 1. The Morgan fingerprint density at radius 2 is 2.05 bits per heavy atom. The van der Waals surface area contributed by atoms with Gasteiger partial charge in [0.05, 0.1) is 12.8 Å². The molecule has 0 unspecified atom stereocenters. The zero-order valence-electron chi connectivity index (χ0n) is 11.0. The summed E-state index contributed by atoms with van der Waals surface area (Å²) < 4.78 is 5.80. The lowest BCUT2D eigenvalue weighted by Crippen LogP contribution is -2.23. The van der Waals surface area contributed by atoms with E-state index in [1.807, 2.05) is 0 Å². The lowest BCUT2D eigenvalue weighted by atomic mass is 10.2. The van der Waals surface area contributed by atoms with Crippen molar-refractivity contribution in [3.63, 3.8) is 0 Å². The molecule has 0 aliphatic rings. The van der Waals surface area contributed by atoms with Crippen molar-refractivity contribution in [2.24, 2.45) is 0 Å². The van der Waals surface area contributed by atoms with Gasteiger partial charge in [-0.2, -0.15) is 0 Å². The second-order valence-electron chi connectivity index (χ2n) is 4.18. The highest BCUT2D eigenvalue weighted by molar-refractivity contribution is 9.10. The van der Waals surface area contributed by atoms with Crippen LogP contribution >= 0.6 is 15.9 Å². The Kier molecular flexibility index (Phi) is 4.24. The summed E-state index contributed by atoms with van der Waals surface area (Å²) in [4.78, 5) is 26.4. The number of pyridine rings is 1. The number of hydrogen-bond acceptors (Lipinski definition) is 3. The van der Waals surface area contributed by atoms with E-state index in [9.17, 15) is 9.59 Å². The predicted molar refractivity (Wildman–Crippen MR) is 80.4 cm³/mol. The molecule has 0 spiro atoms. The lowest BCUT2D eigenvalue weighted by molar-refractivity contribution is 0.102. The average molecular weight is 337 g/mol. The van der Waals surface area contributed by atoms with Gasteiger partial charge in [-0.3, -0.25) is 9.59 Å². The molecule has 0 atom stereocenters. The maximum atomic E-state index is 12.1. The third-order valence-electron chi connectivity index (χ3n) is 2.72. The molecule has 5 nitrogen and oxygen atoms in total. The van der Waals surface area contributed by atoms with E-state index in [1.54, 1.807) is 38.3 Å². The van der Waals surface area contributed by atoms with E-state index in [2.05, 4.69) is 26.2 Å². The summed E-state index contributed by atoms with van der Waals surface area (Å²) >= 11 is 3.33. The third kappa shape index (κ3) is 3.08. The number of halogens is 1. The number of nitrogens with one attached hydrogen (secondary N) is 2. The number of carbonyl (C=O) groups is 1. The third-order valence-corrected chi connectivity index (χ3v) is 3.41. The summed E-state index contributed by atoms with van der Waals surface area (Å²) in [5.74, 6) is 0.140. The van der Waals surface area contributed by atoms with E-state index in [0.29, 0.717) is 21.6 Å². The highest BCUT2D eigenvalue weighted by Gasteiger charge is 2.12. The Morgan fingerprint density at radius 1 is 1.30 bits per heavy atom. The second kappa shape index (κ2) is 5.92. The number of ether oxygens (including phenoxy) is 1. The number of methoxy groups -OCH3 is 1. The lowest BCUT2D eigenvalue weighted by Gasteiger charge is -2.09. The zero-order valence-corrected chi connectivity index (χ0v) is 12.6. The number of rotatable bonds is 3. The van der Waals surface area contributed by atoms with Gasteiger partial charge in [-0.15, -0.1) is 0 Å². The molecule has 104 valence electrons. The smallest absolute Gasteiger partial charge is 0.261 e.